The van der Waals surface area contributed by atoms with Crippen molar-refractivity contribution in [2.75, 3.05) is 13.2 Å². The van der Waals surface area contributed by atoms with E-state index in [1.54, 1.807) is 18.2 Å². The fourth-order valence-electron chi connectivity index (χ4n) is 2.04. The first-order chi connectivity index (χ1) is 9.52. The number of rotatable bonds is 6. The molecule has 108 valence electrons. The summed E-state index contributed by atoms with van der Waals surface area (Å²) in [6.45, 7) is 2.71. The van der Waals surface area contributed by atoms with E-state index in [9.17, 15) is 4.79 Å². The fourth-order valence-corrected chi connectivity index (χ4v) is 2.54. The Hall–Kier alpha value is -1.33. The Labute approximate surface area is 128 Å². The average molecular weight is 313 g/mol. The Balaban J connectivity index is 1.95. The maximum absolute atomic E-state index is 12.0. The van der Waals surface area contributed by atoms with Gasteiger partial charge in [0.15, 0.2) is 6.61 Å². The predicted molar refractivity (Wildman–Crippen MR) is 83.2 cm³/mol. The van der Waals surface area contributed by atoms with Crippen LogP contribution < -0.4 is 10.5 Å². The van der Waals surface area contributed by atoms with E-state index in [4.69, 9.17) is 34.3 Å². The molecule has 0 radical (unpaired) electrons. The summed E-state index contributed by atoms with van der Waals surface area (Å²) in [4.78, 5) is 14.1. The normalized spacial score (nSPS) is 13.9. The van der Waals surface area contributed by atoms with Crippen molar-refractivity contribution in [3.8, 4) is 5.75 Å². The van der Waals surface area contributed by atoms with Gasteiger partial charge in [0.25, 0.3) is 5.91 Å². The molecular formula is C14H17ClN2O2S. The fraction of sp³-hybridized carbons (Fsp3) is 0.429. The van der Waals surface area contributed by atoms with Crippen molar-refractivity contribution < 1.29 is 9.53 Å². The van der Waals surface area contributed by atoms with Crippen LogP contribution in [0.2, 0.25) is 5.02 Å². The maximum Gasteiger partial charge on any atom is 0.260 e. The molecule has 1 saturated carbocycles. The topological polar surface area (TPSA) is 55.6 Å². The molecular weight excluding hydrogens is 296 g/mol. The second-order valence-electron chi connectivity index (χ2n) is 4.71. The number of thiocarbonyl (C=S) groups is 1. The summed E-state index contributed by atoms with van der Waals surface area (Å²) in [6, 6.07) is 5.43. The van der Waals surface area contributed by atoms with Gasteiger partial charge in [-0.3, -0.25) is 4.79 Å². The highest BCUT2D eigenvalue weighted by Gasteiger charge is 2.31. The molecule has 0 unspecified atom stereocenters. The molecule has 6 heteroatoms. The molecule has 0 atom stereocenters. The minimum Gasteiger partial charge on any atom is -0.484 e. The van der Waals surface area contributed by atoms with Crippen molar-refractivity contribution in [1.82, 2.24) is 4.90 Å². The standard InChI is InChI=1S/C14H17ClN2O2S/c1-2-17(9-3-4-9)13(18)8-19-10-5-6-11(14(16)20)12(15)7-10/h5-7,9H,2-4,8H2,1H3,(H2,16,20). The third-order valence-corrected chi connectivity index (χ3v) is 3.75. The van der Waals surface area contributed by atoms with Crippen molar-refractivity contribution in [3.05, 3.63) is 28.8 Å². The van der Waals surface area contributed by atoms with Gasteiger partial charge in [-0.2, -0.15) is 0 Å². The Morgan fingerprint density at radius 3 is 2.75 bits per heavy atom. The van der Waals surface area contributed by atoms with Gasteiger partial charge >= 0.3 is 0 Å². The van der Waals surface area contributed by atoms with Crippen LogP contribution in [0.5, 0.6) is 5.75 Å². The van der Waals surface area contributed by atoms with E-state index in [1.807, 2.05) is 11.8 Å². The molecule has 4 nitrogen and oxygen atoms in total. The van der Waals surface area contributed by atoms with Crippen molar-refractivity contribution in [1.29, 1.82) is 0 Å². The third-order valence-electron chi connectivity index (χ3n) is 3.22. The number of nitrogens with two attached hydrogens (primary N) is 1. The Morgan fingerprint density at radius 2 is 2.25 bits per heavy atom. The van der Waals surface area contributed by atoms with Gasteiger partial charge in [0.2, 0.25) is 0 Å². The first kappa shape index (κ1) is 15.1. The highest BCUT2D eigenvalue weighted by atomic mass is 35.5. The van der Waals surface area contributed by atoms with Crippen LogP contribution in [0.25, 0.3) is 0 Å². The second kappa shape index (κ2) is 6.41. The summed E-state index contributed by atoms with van der Waals surface area (Å²) < 4.78 is 5.48. The van der Waals surface area contributed by atoms with Gasteiger partial charge in [-0.15, -0.1) is 0 Å². The largest absolute Gasteiger partial charge is 0.484 e. The predicted octanol–water partition coefficient (Wildman–Crippen LogP) is 2.36. The SMILES string of the molecule is CCN(C(=O)COc1ccc(C(N)=S)c(Cl)c1)C1CC1. The summed E-state index contributed by atoms with van der Waals surface area (Å²) in [7, 11) is 0. The molecule has 1 aliphatic carbocycles. The van der Waals surface area contributed by atoms with Crippen LogP contribution in [0.15, 0.2) is 18.2 Å². The lowest BCUT2D eigenvalue weighted by Crippen LogP contribution is -2.36. The van der Waals surface area contributed by atoms with Gasteiger partial charge in [-0.05, 0) is 38.0 Å². The summed E-state index contributed by atoms with van der Waals surface area (Å²) in [6.07, 6.45) is 2.18. The van der Waals surface area contributed by atoms with Crippen LogP contribution in [-0.4, -0.2) is 35.0 Å². The van der Waals surface area contributed by atoms with Crippen molar-refractivity contribution in [2.24, 2.45) is 5.73 Å². The monoisotopic (exact) mass is 312 g/mol. The number of nitrogens with zero attached hydrogens (tertiary/aromatic N) is 1. The first-order valence-corrected chi connectivity index (χ1v) is 7.33. The molecule has 0 aromatic heterocycles. The van der Waals surface area contributed by atoms with Gasteiger partial charge < -0.3 is 15.4 Å². The number of benzene rings is 1. The highest BCUT2D eigenvalue weighted by Crippen LogP contribution is 2.27. The molecule has 0 saturated heterocycles. The minimum absolute atomic E-state index is 0.00421. The number of halogens is 1. The number of amides is 1. The molecule has 1 aromatic carbocycles. The molecule has 0 spiro atoms. The number of likely N-dealkylation sites (N-methyl/N-ethyl adjacent to an activating group) is 1. The molecule has 1 fully saturated rings. The lowest BCUT2D eigenvalue weighted by Gasteiger charge is -2.20. The lowest BCUT2D eigenvalue weighted by molar-refractivity contribution is -0.133. The van der Waals surface area contributed by atoms with Crippen LogP contribution in [0, 0.1) is 0 Å². The van der Waals surface area contributed by atoms with Crippen LogP contribution in [-0.2, 0) is 4.79 Å². The van der Waals surface area contributed by atoms with Crippen LogP contribution in [0.3, 0.4) is 0 Å². The zero-order valence-electron chi connectivity index (χ0n) is 11.3. The van der Waals surface area contributed by atoms with Crippen molar-refractivity contribution in [3.63, 3.8) is 0 Å². The van der Waals surface area contributed by atoms with Crippen LogP contribution in [0.4, 0.5) is 0 Å². The number of hydrogen-bond donors (Lipinski definition) is 1. The van der Waals surface area contributed by atoms with E-state index in [1.165, 1.54) is 0 Å². The molecule has 2 rings (SSSR count). The lowest BCUT2D eigenvalue weighted by atomic mass is 10.2. The van der Waals surface area contributed by atoms with E-state index < -0.39 is 0 Å². The van der Waals surface area contributed by atoms with Crippen LogP contribution in [0.1, 0.15) is 25.3 Å². The average Bonchev–Trinajstić information content (AvgIpc) is 3.21. The van der Waals surface area contributed by atoms with Gasteiger partial charge in [-0.25, -0.2) is 0 Å². The minimum atomic E-state index is 0.00421. The molecule has 0 bridgehead atoms. The molecule has 0 aliphatic heterocycles. The van der Waals surface area contributed by atoms with Gasteiger partial charge in [-0.1, -0.05) is 23.8 Å². The first-order valence-electron chi connectivity index (χ1n) is 6.54. The number of hydrogen-bond acceptors (Lipinski definition) is 3. The zero-order chi connectivity index (χ0) is 14.7. The summed E-state index contributed by atoms with van der Waals surface area (Å²) in [5, 5.41) is 0.428. The van der Waals surface area contributed by atoms with Crippen molar-refractivity contribution >= 4 is 34.7 Å². The Morgan fingerprint density at radius 1 is 1.55 bits per heavy atom. The maximum atomic E-state index is 12.0. The van der Waals surface area contributed by atoms with E-state index in [0.29, 0.717) is 28.9 Å². The van der Waals surface area contributed by atoms with E-state index >= 15 is 0 Å². The Bertz CT molecular complexity index is 532. The third kappa shape index (κ3) is 3.61. The highest BCUT2D eigenvalue weighted by molar-refractivity contribution is 7.80. The number of ether oxygens (including phenoxy) is 1. The zero-order valence-corrected chi connectivity index (χ0v) is 12.8. The van der Waals surface area contributed by atoms with Gasteiger partial charge in [0.05, 0.1) is 5.02 Å². The van der Waals surface area contributed by atoms with E-state index in [0.717, 1.165) is 12.8 Å². The second-order valence-corrected chi connectivity index (χ2v) is 5.55. The van der Waals surface area contributed by atoms with Gasteiger partial charge in [0.1, 0.15) is 10.7 Å². The quantitative estimate of drug-likeness (QED) is 0.819. The molecule has 1 aromatic rings. The summed E-state index contributed by atoms with van der Waals surface area (Å²) in [5.41, 5.74) is 6.14. The smallest absolute Gasteiger partial charge is 0.260 e. The number of carbonyl (C=O) groups excluding carboxylic acids is 1. The van der Waals surface area contributed by atoms with E-state index in [2.05, 4.69) is 0 Å². The molecule has 1 aliphatic rings. The molecule has 1 amide bonds. The van der Waals surface area contributed by atoms with Crippen LogP contribution >= 0.6 is 23.8 Å². The van der Waals surface area contributed by atoms with E-state index in [-0.39, 0.29) is 17.5 Å². The van der Waals surface area contributed by atoms with Gasteiger partial charge in [0, 0.05) is 18.2 Å². The van der Waals surface area contributed by atoms with Crippen molar-refractivity contribution in [2.45, 2.75) is 25.8 Å². The molecule has 20 heavy (non-hydrogen) atoms. The summed E-state index contributed by atoms with van der Waals surface area (Å²) in [5.74, 6) is 0.541. The molecule has 2 N–H and O–H groups in total. The number of carbonyl (C=O) groups is 1. The molecule has 0 heterocycles. The summed E-state index contributed by atoms with van der Waals surface area (Å²) >= 11 is 10.9. The Kier molecular flexibility index (Phi) is 4.83.